The Morgan fingerprint density at radius 1 is 1.15 bits per heavy atom. The topological polar surface area (TPSA) is 55.4 Å². The molecule has 0 bridgehead atoms. The Morgan fingerprint density at radius 3 is 2.42 bits per heavy atom. The molecule has 7 heteroatoms. The Kier molecular flexibility index (Phi) is 6.74. The fraction of sp³-hybridized carbons (Fsp3) is 0.263. The molecule has 138 valence electrons. The van der Waals surface area contributed by atoms with E-state index in [1.807, 2.05) is 32.0 Å². The van der Waals surface area contributed by atoms with E-state index in [1.54, 1.807) is 0 Å². The molecule has 0 heterocycles. The summed E-state index contributed by atoms with van der Waals surface area (Å²) in [7, 11) is 0. The number of para-hydroxylation sites is 1. The van der Waals surface area contributed by atoms with Gasteiger partial charge in [0.05, 0.1) is 5.75 Å². The normalized spacial score (nSPS) is 11.7. The zero-order valence-corrected chi connectivity index (χ0v) is 15.5. The molecule has 4 nitrogen and oxygen atoms in total. The number of thioether (sulfide) groups is 1. The summed E-state index contributed by atoms with van der Waals surface area (Å²) in [6.45, 7) is 5.27. The Hall–Kier alpha value is -2.41. The lowest BCUT2D eigenvalue weighted by molar-refractivity contribution is -0.150. The highest BCUT2D eigenvalue weighted by Gasteiger charge is 2.21. The Labute approximate surface area is 154 Å². The van der Waals surface area contributed by atoms with Gasteiger partial charge in [-0.1, -0.05) is 23.8 Å². The molecule has 0 saturated heterocycles. The van der Waals surface area contributed by atoms with Gasteiger partial charge in [0.2, 0.25) is 0 Å². The fourth-order valence-electron chi connectivity index (χ4n) is 2.22. The van der Waals surface area contributed by atoms with Gasteiger partial charge in [0.1, 0.15) is 17.3 Å². The largest absolute Gasteiger partial charge is 0.452 e. The van der Waals surface area contributed by atoms with Crippen LogP contribution in [0.1, 0.15) is 18.1 Å². The number of carbonyl (C=O) groups is 2. The van der Waals surface area contributed by atoms with Crippen LogP contribution in [0, 0.1) is 25.5 Å². The van der Waals surface area contributed by atoms with Crippen LogP contribution in [0.5, 0.6) is 0 Å². The lowest BCUT2D eigenvalue weighted by Gasteiger charge is -2.14. The first-order chi connectivity index (χ1) is 12.3. The molecule has 2 aromatic rings. The van der Waals surface area contributed by atoms with E-state index in [9.17, 15) is 18.4 Å². The number of rotatable bonds is 6. The molecule has 1 amide bonds. The molecule has 1 atom stereocenters. The third kappa shape index (κ3) is 5.29. The van der Waals surface area contributed by atoms with Crippen LogP contribution in [0.25, 0.3) is 0 Å². The van der Waals surface area contributed by atoms with Gasteiger partial charge in [-0.2, -0.15) is 0 Å². The van der Waals surface area contributed by atoms with E-state index in [1.165, 1.54) is 24.8 Å². The maximum absolute atomic E-state index is 13.5. The Bertz CT molecular complexity index is 806. The first kappa shape index (κ1) is 19.9. The molecule has 0 aromatic heterocycles. The molecule has 0 aliphatic rings. The van der Waals surface area contributed by atoms with Gasteiger partial charge in [0.25, 0.3) is 5.91 Å². The highest BCUT2D eigenvalue weighted by Crippen LogP contribution is 2.23. The number of hydrogen-bond donors (Lipinski definition) is 1. The predicted octanol–water partition coefficient (Wildman–Crippen LogP) is 4.24. The van der Waals surface area contributed by atoms with E-state index in [-0.39, 0.29) is 5.75 Å². The summed E-state index contributed by atoms with van der Waals surface area (Å²) < 4.78 is 32.1. The summed E-state index contributed by atoms with van der Waals surface area (Å²) in [5.41, 5.74) is 1.61. The molecule has 26 heavy (non-hydrogen) atoms. The van der Waals surface area contributed by atoms with Crippen LogP contribution in [-0.4, -0.2) is 23.7 Å². The van der Waals surface area contributed by atoms with Crippen molar-refractivity contribution >= 4 is 29.3 Å². The molecule has 0 fully saturated rings. The highest BCUT2D eigenvalue weighted by atomic mass is 32.2. The van der Waals surface area contributed by atoms with E-state index >= 15 is 0 Å². The molecular formula is C19H19F2NO3S. The van der Waals surface area contributed by atoms with Gasteiger partial charge in [0, 0.05) is 4.90 Å². The van der Waals surface area contributed by atoms with Gasteiger partial charge in [-0.05, 0) is 44.5 Å². The predicted molar refractivity (Wildman–Crippen MR) is 97.2 cm³/mol. The van der Waals surface area contributed by atoms with Crippen molar-refractivity contribution in [2.45, 2.75) is 31.8 Å². The van der Waals surface area contributed by atoms with Gasteiger partial charge in [-0.3, -0.25) is 9.59 Å². The van der Waals surface area contributed by atoms with Crippen molar-refractivity contribution in [3.8, 4) is 0 Å². The van der Waals surface area contributed by atoms with Gasteiger partial charge in [0.15, 0.2) is 6.10 Å². The number of esters is 1. The highest BCUT2D eigenvalue weighted by molar-refractivity contribution is 8.00. The zero-order chi connectivity index (χ0) is 19.3. The van der Waals surface area contributed by atoms with Gasteiger partial charge >= 0.3 is 5.97 Å². The number of halogens is 2. The minimum absolute atomic E-state index is 0.0234. The maximum Gasteiger partial charge on any atom is 0.317 e. The summed E-state index contributed by atoms with van der Waals surface area (Å²) in [4.78, 5) is 24.9. The van der Waals surface area contributed by atoms with Crippen molar-refractivity contribution in [2.24, 2.45) is 0 Å². The van der Waals surface area contributed by atoms with Gasteiger partial charge < -0.3 is 10.1 Å². The second-order valence-electron chi connectivity index (χ2n) is 5.78. The molecule has 0 saturated carbocycles. The average molecular weight is 379 g/mol. The second kappa shape index (κ2) is 8.80. The minimum atomic E-state index is -1.18. The molecule has 2 rings (SSSR count). The van der Waals surface area contributed by atoms with Crippen LogP contribution < -0.4 is 5.32 Å². The van der Waals surface area contributed by atoms with E-state index in [0.717, 1.165) is 28.2 Å². The van der Waals surface area contributed by atoms with Crippen molar-refractivity contribution in [3.05, 3.63) is 59.2 Å². The van der Waals surface area contributed by atoms with Crippen LogP contribution in [0.2, 0.25) is 0 Å². The second-order valence-corrected chi connectivity index (χ2v) is 6.79. The van der Waals surface area contributed by atoms with Crippen LogP contribution in [0.15, 0.2) is 41.3 Å². The van der Waals surface area contributed by atoms with Crippen LogP contribution in [-0.2, 0) is 14.3 Å². The Balaban J connectivity index is 1.89. The van der Waals surface area contributed by atoms with Gasteiger partial charge in [-0.15, -0.1) is 11.8 Å². The molecule has 2 aromatic carbocycles. The number of anilines is 1. The van der Waals surface area contributed by atoms with Crippen molar-refractivity contribution in [2.75, 3.05) is 11.1 Å². The van der Waals surface area contributed by atoms with Crippen molar-refractivity contribution < 1.29 is 23.1 Å². The van der Waals surface area contributed by atoms with Crippen LogP contribution in [0.3, 0.4) is 0 Å². The molecule has 0 aliphatic carbocycles. The first-order valence-electron chi connectivity index (χ1n) is 7.92. The molecule has 0 unspecified atom stereocenters. The van der Waals surface area contributed by atoms with Crippen molar-refractivity contribution in [1.82, 2.24) is 0 Å². The Morgan fingerprint density at radius 2 is 1.81 bits per heavy atom. The quantitative estimate of drug-likeness (QED) is 0.602. The number of aryl methyl sites for hydroxylation is 2. The maximum atomic E-state index is 13.5. The zero-order valence-electron chi connectivity index (χ0n) is 14.6. The lowest BCUT2D eigenvalue weighted by atomic mass is 10.2. The molecule has 1 N–H and O–H groups in total. The van der Waals surface area contributed by atoms with Gasteiger partial charge in [-0.25, -0.2) is 8.78 Å². The summed E-state index contributed by atoms with van der Waals surface area (Å²) in [6.07, 6.45) is -1.18. The summed E-state index contributed by atoms with van der Waals surface area (Å²) in [6, 6.07) is 9.10. The third-order valence-corrected chi connectivity index (χ3v) is 4.71. The van der Waals surface area contributed by atoms with E-state index in [2.05, 4.69) is 5.32 Å². The first-order valence-corrected chi connectivity index (χ1v) is 8.91. The third-order valence-electron chi connectivity index (χ3n) is 3.56. The summed E-state index contributed by atoms with van der Waals surface area (Å²) in [5, 5.41) is 2.10. The number of ether oxygens (including phenoxy) is 1. The van der Waals surface area contributed by atoms with Crippen LogP contribution >= 0.6 is 11.8 Å². The SMILES string of the molecule is Cc1ccc(SCC(=O)O[C@@H](C)C(=O)Nc2c(F)cccc2F)c(C)c1. The molecule has 0 spiro atoms. The average Bonchev–Trinajstić information content (AvgIpc) is 2.57. The van der Waals surface area contributed by atoms with E-state index < -0.39 is 35.3 Å². The summed E-state index contributed by atoms with van der Waals surface area (Å²) >= 11 is 1.30. The monoisotopic (exact) mass is 379 g/mol. The molecule has 0 aliphatic heterocycles. The lowest BCUT2D eigenvalue weighted by Crippen LogP contribution is -2.31. The number of nitrogens with one attached hydrogen (secondary N) is 1. The van der Waals surface area contributed by atoms with Crippen molar-refractivity contribution in [1.29, 1.82) is 0 Å². The molecular weight excluding hydrogens is 360 g/mol. The van der Waals surface area contributed by atoms with Crippen molar-refractivity contribution in [3.63, 3.8) is 0 Å². The smallest absolute Gasteiger partial charge is 0.317 e. The number of hydrogen-bond acceptors (Lipinski definition) is 4. The van der Waals surface area contributed by atoms with E-state index in [0.29, 0.717) is 0 Å². The fourth-order valence-corrected chi connectivity index (χ4v) is 3.02. The standard InChI is InChI=1S/C19H19F2NO3S/c1-11-7-8-16(12(2)9-11)26-10-17(23)25-13(3)19(24)22-18-14(20)5-4-6-15(18)21/h4-9,13H,10H2,1-3H3,(H,22,24)/t13-/m0/s1. The minimum Gasteiger partial charge on any atom is -0.452 e. The van der Waals surface area contributed by atoms with E-state index in [4.69, 9.17) is 4.74 Å². The van der Waals surface area contributed by atoms with Crippen LogP contribution in [0.4, 0.5) is 14.5 Å². The number of benzene rings is 2. The number of carbonyl (C=O) groups excluding carboxylic acids is 2. The summed E-state index contributed by atoms with van der Waals surface area (Å²) in [5.74, 6) is -3.18. The number of amides is 1. The molecule has 0 radical (unpaired) electrons.